The van der Waals surface area contributed by atoms with Gasteiger partial charge in [0.1, 0.15) is 0 Å². The predicted molar refractivity (Wildman–Crippen MR) is 74.0 cm³/mol. The van der Waals surface area contributed by atoms with Crippen molar-refractivity contribution in [3.05, 3.63) is 58.3 Å². The Balaban J connectivity index is 2.09. The summed E-state index contributed by atoms with van der Waals surface area (Å²) in [7, 11) is 1.73. The highest BCUT2D eigenvalue weighted by molar-refractivity contribution is 6.01. The number of rotatable bonds is 4. The molecule has 0 atom stereocenters. The van der Waals surface area contributed by atoms with Crippen LogP contribution in [-0.4, -0.2) is 20.6 Å². The number of amides is 1. The Morgan fingerprint density at radius 3 is 2.80 bits per heavy atom. The van der Waals surface area contributed by atoms with E-state index in [2.05, 4.69) is 10.4 Å². The summed E-state index contributed by atoms with van der Waals surface area (Å²) in [6, 6.07) is 7.85. The maximum Gasteiger partial charge on any atom is 0.276 e. The van der Waals surface area contributed by atoms with Crippen LogP contribution in [0.1, 0.15) is 5.56 Å². The fraction of sp³-hybridized carbons (Fsp3) is 0.0769. The number of hydrogen-bond donors (Lipinski definition) is 1. The number of nitrogens with one attached hydrogen (secondary N) is 1. The SMILES string of the molecule is Cn1ccc(NC(=O)/C=C/c2ccccc2[N+](=O)[O-])n1. The molecule has 0 radical (unpaired) electrons. The lowest BCUT2D eigenvalue weighted by Gasteiger charge is -1.98. The number of carbonyl (C=O) groups is 1. The van der Waals surface area contributed by atoms with Gasteiger partial charge in [0.2, 0.25) is 5.91 Å². The second-order valence-corrected chi connectivity index (χ2v) is 4.01. The maximum atomic E-state index is 11.7. The minimum absolute atomic E-state index is 0.0469. The molecule has 20 heavy (non-hydrogen) atoms. The molecule has 0 aliphatic carbocycles. The molecule has 102 valence electrons. The number of aromatic nitrogens is 2. The third-order valence-electron chi connectivity index (χ3n) is 2.51. The van der Waals surface area contributed by atoms with Crippen LogP contribution in [0.4, 0.5) is 11.5 Å². The Morgan fingerprint density at radius 1 is 1.40 bits per heavy atom. The standard InChI is InChI=1S/C13H12N4O3/c1-16-9-8-12(15-16)14-13(18)7-6-10-4-2-3-5-11(10)17(19)20/h2-9H,1H3,(H,14,15,18)/b7-6+. The van der Waals surface area contributed by atoms with Gasteiger partial charge in [0, 0.05) is 31.5 Å². The van der Waals surface area contributed by atoms with Gasteiger partial charge in [0.25, 0.3) is 5.69 Å². The second-order valence-electron chi connectivity index (χ2n) is 4.01. The number of aryl methyl sites for hydroxylation is 1. The summed E-state index contributed by atoms with van der Waals surface area (Å²) in [6.07, 6.45) is 4.33. The van der Waals surface area contributed by atoms with Crippen molar-refractivity contribution in [1.29, 1.82) is 0 Å². The summed E-state index contributed by atoms with van der Waals surface area (Å²) in [6.45, 7) is 0. The molecule has 1 N–H and O–H groups in total. The molecule has 0 spiro atoms. The smallest absolute Gasteiger partial charge is 0.276 e. The third kappa shape index (κ3) is 3.29. The summed E-state index contributed by atoms with van der Waals surface area (Å²) in [4.78, 5) is 22.0. The molecule has 1 amide bonds. The second kappa shape index (κ2) is 5.79. The summed E-state index contributed by atoms with van der Waals surface area (Å²) in [5.74, 6) is 0.0200. The lowest BCUT2D eigenvalue weighted by molar-refractivity contribution is -0.385. The van der Waals surface area contributed by atoms with Gasteiger partial charge in [0.15, 0.2) is 5.82 Å². The van der Waals surface area contributed by atoms with E-state index in [-0.39, 0.29) is 5.69 Å². The Bertz CT molecular complexity index is 676. The molecule has 0 unspecified atom stereocenters. The highest BCUT2D eigenvalue weighted by atomic mass is 16.6. The largest absolute Gasteiger partial charge is 0.306 e. The van der Waals surface area contributed by atoms with Crippen molar-refractivity contribution in [3.8, 4) is 0 Å². The molecule has 0 saturated heterocycles. The monoisotopic (exact) mass is 272 g/mol. The lowest BCUT2D eigenvalue weighted by Crippen LogP contribution is -2.08. The molecule has 1 aromatic heterocycles. The van der Waals surface area contributed by atoms with Gasteiger partial charge < -0.3 is 5.32 Å². The molecular formula is C13H12N4O3. The van der Waals surface area contributed by atoms with Gasteiger partial charge in [0.05, 0.1) is 10.5 Å². The highest BCUT2D eigenvalue weighted by Crippen LogP contribution is 2.18. The average Bonchev–Trinajstić information content (AvgIpc) is 2.82. The Kier molecular flexibility index (Phi) is 3.90. The van der Waals surface area contributed by atoms with Gasteiger partial charge in [-0.3, -0.25) is 19.6 Å². The van der Waals surface area contributed by atoms with E-state index in [9.17, 15) is 14.9 Å². The predicted octanol–water partition coefficient (Wildman–Crippen LogP) is 1.98. The number of anilines is 1. The van der Waals surface area contributed by atoms with Crippen LogP contribution in [0.5, 0.6) is 0 Å². The average molecular weight is 272 g/mol. The molecule has 2 rings (SSSR count). The van der Waals surface area contributed by atoms with E-state index < -0.39 is 10.8 Å². The maximum absolute atomic E-state index is 11.7. The minimum atomic E-state index is -0.490. The van der Waals surface area contributed by atoms with E-state index in [4.69, 9.17) is 0 Å². The third-order valence-corrected chi connectivity index (χ3v) is 2.51. The van der Waals surface area contributed by atoms with Crippen molar-refractivity contribution in [2.24, 2.45) is 7.05 Å². The molecule has 7 heteroatoms. The summed E-state index contributed by atoms with van der Waals surface area (Å²) in [5.41, 5.74) is 0.322. The van der Waals surface area contributed by atoms with Gasteiger partial charge in [-0.05, 0) is 12.1 Å². The fourth-order valence-corrected chi connectivity index (χ4v) is 1.61. The van der Waals surface area contributed by atoms with Crippen molar-refractivity contribution >= 4 is 23.5 Å². The number of nitro benzene ring substituents is 1. The summed E-state index contributed by atoms with van der Waals surface area (Å²) in [5, 5.41) is 17.4. The van der Waals surface area contributed by atoms with E-state index in [1.165, 1.54) is 18.2 Å². The van der Waals surface area contributed by atoms with Crippen molar-refractivity contribution in [3.63, 3.8) is 0 Å². The van der Waals surface area contributed by atoms with Crippen molar-refractivity contribution in [2.45, 2.75) is 0 Å². The van der Waals surface area contributed by atoms with Crippen LogP contribution in [-0.2, 0) is 11.8 Å². The number of benzene rings is 1. The topological polar surface area (TPSA) is 90.1 Å². The number of carbonyl (C=O) groups excluding carboxylic acids is 1. The van der Waals surface area contributed by atoms with Crippen LogP contribution >= 0.6 is 0 Å². The Labute approximate surface area is 114 Å². The lowest BCUT2D eigenvalue weighted by atomic mass is 10.1. The van der Waals surface area contributed by atoms with Crippen LogP contribution in [0.2, 0.25) is 0 Å². The molecule has 0 saturated carbocycles. The van der Waals surface area contributed by atoms with Gasteiger partial charge in [-0.2, -0.15) is 5.10 Å². The molecule has 7 nitrogen and oxygen atoms in total. The zero-order chi connectivity index (χ0) is 14.5. The first-order chi connectivity index (χ1) is 9.56. The summed E-state index contributed by atoms with van der Waals surface area (Å²) < 4.78 is 1.56. The van der Waals surface area contributed by atoms with Gasteiger partial charge in [-0.1, -0.05) is 12.1 Å². The first kappa shape index (κ1) is 13.5. The van der Waals surface area contributed by atoms with Gasteiger partial charge in [-0.25, -0.2) is 0 Å². The molecule has 0 aliphatic rings. The van der Waals surface area contributed by atoms with E-state index in [0.29, 0.717) is 11.4 Å². The Hall–Kier alpha value is -2.96. The van der Waals surface area contributed by atoms with E-state index in [1.54, 1.807) is 42.2 Å². The van der Waals surface area contributed by atoms with E-state index >= 15 is 0 Å². The quantitative estimate of drug-likeness (QED) is 0.523. The van der Waals surface area contributed by atoms with E-state index in [0.717, 1.165) is 0 Å². The zero-order valence-corrected chi connectivity index (χ0v) is 10.7. The first-order valence-corrected chi connectivity index (χ1v) is 5.78. The zero-order valence-electron chi connectivity index (χ0n) is 10.7. The Morgan fingerprint density at radius 2 is 2.15 bits per heavy atom. The van der Waals surface area contributed by atoms with Crippen LogP contribution in [0.3, 0.4) is 0 Å². The highest BCUT2D eigenvalue weighted by Gasteiger charge is 2.09. The molecule has 0 fully saturated rings. The van der Waals surface area contributed by atoms with Crippen molar-refractivity contribution < 1.29 is 9.72 Å². The van der Waals surface area contributed by atoms with Crippen molar-refractivity contribution in [2.75, 3.05) is 5.32 Å². The summed E-state index contributed by atoms with van der Waals surface area (Å²) >= 11 is 0. The number of nitrogens with zero attached hydrogens (tertiary/aromatic N) is 3. The number of para-hydroxylation sites is 1. The van der Waals surface area contributed by atoms with Crippen molar-refractivity contribution in [1.82, 2.24) is 9.78 Å². The number of hydrogen-bond acceptors (Lipinski definition) is 4. The molecule has 1 aromatic carbocycles. The molecular weight excluding hydrogens is 260 g/mol. The van der Waals surface area contributed by atoms with Crippen LogP contribution < -0.4 is 5.32 Å². The fourth-order valence-electron chi connectivity index (χ4n) is 1.61. The minimum Gasteiger partial charge on any atom is -0.306 e. The molecule has 0 bridgehead atoms. The number of nitro groups is 1. The van der Waals surface area contributed by atoms with E-state index in [1.807, 2.05) is 0 Å². The first-order valence-electron chi connectivity index (χ1n) is 5.78. The van der Waals surface area contributed by atoms with Crippen LogP contribution in [0.25, 0.3) is 6.08 Å². The van der Waals surface area contributed by atoms with Gasteiger partial charge in [-0.15, -0.1) is 0 Å². The van der Waals surface area contributed by atoms with Crippen LogP contribution in [0, 0.1) is 10.1 Å². The molecule has 2 aromatic rings. The normalized spacial score (nSPS) is 10.7. The van der Waals surface area contributed by atoms with Gasteiger partial charge >= 0.3 is 0 Å². The van der Waals surface area contributed by atoms with Crippen LogP contribution in [0.15, 0.2) is 42.6 Å². The molecule has 0 aliphatic heterocycles. The molecule has 1 heterocycles.